The smallest absolute Gasteiger partial charge is 0.391 e. The average molecular weight is 331 g/mol. The second-order valence-electron chi connectivity index (χ2n) is 5.37. The number of hydrogen-bond donors (Lipinski definition) is 2. The van der Waals surface area contributed by atoms with E-state index in [1.165, 1.54) is 6.07 Å². The van der Waals surface area contributed by atoms with Crippen LogP contribution in [0.5, 0.6) is 0 Å². The van der Waals surface area contributed by atoms with Gasteiger partial charge in [0.25, 0.3) is 5.91 Å². The maximum atomic E-state index is 12.4. The van der Waals surface area contributed by atoms with E-state index in [9.17, 15) is 22.8 Å². The fourth-order valence-electron chi connectivity index (χ4n) is 2.40. The molecule has 2 N–H and O–H groups in total. The van der Waals surface area contributed by atoms with Crippen LogP contribution in [0.2, 0.25) is 0 Å². The van der Waals surface area contributed by atoms with Crippen LogP contribution >= 0.6 is 0 Å². The number of rotatable bonds is 5. The largest absolute Gasteiger partial charge is 0.480 e. The number of carbonyl (C=O) groups is 2. The SMILES string of the molecule is O=C(NC(CC(F)(F)F)C(=O)O)c1cccc(C2CCOC2)c1. The van der Waals surface area contributed by atoms with Gasteiger partial charge in [0.15, 0.2) is 0 Å². The van der Waals surface area contributed by atoms with Gasteiger partial charge in [-0.25, -0.2) is 4.79 Å². The molecule has 8 heteroatoms. The predicted molar refractivity (Wildman–Crippen MR) is 74.2 cm³/mol. The van der Waals surface area contributed by atoms with Gasteiger partial charge in [-0.1, -0.05) is 12.1 Å². The highest BCUT2D eigenvalue weighted by Gasteiger charge is 2.36. The molecule has 1 heterocycles. The van der Waals surface area contributed by atoms with Crippen LogP contribution < -0.4 is 5.32 Å². The standard InChI is InChI=1S/C15H16F3NO4/c16-15(17,18)7-12(14(21)22)19-13(20)10-3-1-2-9(6-10)11-4-5-23-8-11/h1-3,6,11-12H,4-5,7-8H2,(H,19,20)(H,21,22). The van der Waals surface area contributed by atoms with Gasteiger partial charge in [0, 0.05) is 18.1 Å². The van der Waals surface area contributed by atoms with Crippen molar-refractivity contribution in [3.8, 4) is 0 Å². The molecular weight excluding hydrogens is 315 g/mol. The monoisotopic (exact) mass is 331 g/mol. The first-order valence-corrected chi connectivity index (χ1v) is 7.04. The van der Waals surface area contributed by atoms with Crippen molar-refractivity contribution < 1.29 is 32.6 Å². The quantitative estimate of drug-likeness (QED) is 0.868. The maximum Gasteiger partial charge on any atom is 0.391 e. The van der Waals surface area contributed by atoms with Gasteiger partial charge in [-0.05, 0) is 24.1 Å². The highest BCUT2D eigenvalue weighted by atomic mass is 19.4. The molecule has 1 amide bonds. The summed E-state index contributed by atoms with van der Waals surface area (Å²) in [6.07, 6.45) is -5.50. The lowest BCUT2D eigenvalue weighted by Gasteiger charge is -2.17. The van der Waals surface area contributed by atoms with Crippen LogP contribution in [-0.2, 0) is 9.53 Å². The zero-order valence-corrected chi connectivity index (χ0v) is 12.1. The number of aliphatic carboxylic acids is 1. The molecule has 0 saturated carbocycles. The van der Waals surface area contributed by atoms with Crippen LogP contribution in [0.1, 0.15) is 34.7 Å². The maximum absolute atomic E-state index is 12.4. The first-order chi connectivity index (χ1) is 10.8. The lowest BCUT2D eigenvalue weighted by Crippen LogP contribution is -2.43. The van der Waals surface area contributed by atoms with Gasteiger partial charge in [-0.15, -0.1) is 0 Å². The number of carboxylic acid groups (broad SMARTS) is 1. The Morgan fingerprint density at radius 3 is 2.70 bits per heavy atom. The Morgan fingerprint density at radius 2 is 2.13 bits per heavy atom. The lowest BCUT2D eigenvalue weighted by atomic mass is 9.96. The molecule has 1 aliphatic heterocycles. The summed E-state index contributed by atoms with van der Waals surface area (Å²) in [7, 11) is 0. The Kier molecular flexibility index (Phi) is 5.25. The highest BCUT2D eigenvalue weighted by molar-refractivity contribution is 5.96. The molecule has 0 aliphatic carbocycles. The van der Waals surface area contributed by atoms with Crippen molar-refractivity contribution in [3.05, 3.63) is 35.4 Å². The minimum absolute atomic E-state index is 0.128. The van der Waals surface area contributed by atoms with Gasteiger partial charge in [-0.3, -0.25) is 4.79 Å². The molecule has 1 saturated heterocycles. The molecule has 1 aliphatic rings. The molecule has 126 valence electrons. The average Bonchev–Trinajstić information content (AvgIpc) is 2.99. The van der Waals surface area contributed by atoms with Crippen molar-refractivity contribution in [3.63, 3.8) is 0 Å². The van der Waals surface area contributed by atoms with E-state index in [-0.39, 0.29) is 11.5 Å². The van der Waals surface area contributed by atoms with Crippen molar-refractivity contribution in [1.82, 2.24) is 5.32 Å². The van der Waals surface area contributed by atoms with Crippen molar-refractivity contribution in [2.24, 2.45) is 0 Å². The van der Waals surface area contributed by atoms with E-state index >= 15 is 0 Å². The van der Waals surface area contributed by atoms with E-state index < -0.39 is 30.5 Å². The van der Waals surface area contributed by atoms with Crippen molar-refractivity contribution in [2.75, 3.05) is 13.2 Å². The van der Waals surface area contributed by atoms with Crippen LogP contribution in [-0.4, -0.2) is 42.4 Å². The lowest BCUT2D eigenvalue weighted by molar-refractivity contribution is -0.157. The van der Waals surface area contributed by atoms with Gasteiger partial charge < -0.3 is 15.2 Å². The molecule has 0 bridgehead atoms. The molecule has 2 unspecified atom stereocenters. The first-order valence-electron chi connectivity index (χ1n) is 7.04. The van der Waals surface area contributed by atoms with Gasteiger partial charge in [-0.2, -0.15) is 13.2 Å². The van der Waals surface area contributed by atoms with Crippen LogP contribution in [0.25, 0.3) is 0 Å². The van der Waals surface area contributed by atoms with Crippen LogP contribution in [0.4, 0.5) is 13.2 Å². The van der Waals surface area contributed by atoms with Gasteiger partial charge in [0.05, 0.1) is 13.0 Å². The van der Waals surface area contributed by atoms with Crippen LogP contribution in [0.3, 0.4) is 0 Å². The summed E-state index contributed by atoms with van der Waals surface area (Å²) >= 11 is 0. The number of benzene rings is 1. The zero-order chi connectivity index (χ0) is 17.0. The van der Waals surface area contributed by atoms with E-state index in [0.717, 1.165) is 12.0 Å². The summed E-state index contributed by atoms with van der Waals surface area (Å²) in [5.41, 5.74) is 0.973. The number of halogens is 3. The Hall–Kier alpha value is -2.09. The number of ether oxygens (including phenoxy) is 1. The molecule has 0 spiro atoms. The summed E-state index contributed by atoms with van der Waals surface area (Å²) in [6, 6.07) is 4.39. The second kappa shape index (κ2) is 6.99. The van der Waals surface area contributed by atoms with E-state index in [4.69, 9.17) is 9.84 Å². The molecular formula is C15H16F3NO4. The number of carboxylic acids is 1. The molecule has 5 nitrogen and oxygen atoms in total. The molecule has 2 rings (SSSR count). The number of hydrogen-bond acceptors (Lipinski definition) is 3. The number of nitrogens with one attached hydrogen (secondary N) is 1. The summed E-state index contributed by atoms with van der Waals surface area (Å²) in [6.45, 7) is 1.14. The minimum Gasteiger partial charge on any atom is -0.480 e. The van der Waals surface area contributed by atoms with Crippen molar-refractivity contribution in [1.29, 1.82) is 0 Å². The third kappa shape index (κ3) is 4.95. The normalized spacial score (nSPS) is 19.3. The fraction of sp³-hybridized carbons (Fsp3) is 0.467. The Bertz CT molecular complexity index is 582. The van der Waals surface area contributed by atoms with E-state index in [2.05, 4.69) is 0 Å². The zero-order valence-electron chi connectivity index (χ0n) is 12.1. The third-order valence-corrected chi connectivity index (χ3v) is 3.59. The number of carbonyl (C=O) groups excluding carboxylic acids is 1. The Balaban J connectivity index is 2.09. The molecule has 1 aromatic rings. The van der Waals surface area contributed by atoms with Gasteiger partial charge in [0.1, 0.15) is 6.04 Å². The number of amides is 1. The minimum atomic E-state index is -4.68. The third-order valence-electron chi connectivity index (χ3n) is 3.59. The van der Waals surface area contributed by atoms with Crippen LogP contribution in [0, 0.1) is 0 Å². The topological polar surface area (TPSA) is 75.6 Å². The molecule has 1 aromatic carbocycles. The van der Waals surface area contributed by atoms with Gasteiger partial charge >= 0.3 is 12.1 Å². The second-order valence-corrected chi connectivity index (χ2v) is 5.37. The van der Waals surface area contributed by atoms with Gasteiger partial charge in [0.2, 0.25) is 0 Å². The van der Waals surface area contributed by atoms with Crippen molar-refractivity contribution >= 4 is 11.9 Å². The number of alkyl halides is 3. The molecule has 1 fully saturated rings. The van der Waals surface area contributed by atoms with E-state index in [1.54, 1.807) is 18.2 Å². The summed E-state index contributed by atoms with van der Waals surface area (Å²) in [5, 5.41) is 10.7. The van der Waals surface area contributed by atoms with E-state index in [1.807, 2.05) is 5.32 Å². The Labute approximate surface area is 130 Å². The molecule has 0 aromatic heterocycles. The fourth-order valence-corrected chi connectivity index (χ4v) is 2.40. The highest BCUT2D eigenvalue weighted by Crippen LogP contribution is 2.26. The Morgan fingerprint density at radius 1 is 1.39 bits per heavy atom. The van der Waals surface area contributed by atoms with Crippen LogP contribution in [0.15, 0.2) is 24.3 Å². The van der Waals surface area contributed by atoms with E-state index in [0.29, 0.717) is 13.2 Å². The summed E-state index contributed by atoms with van der Waals surface area (Å²) in [5.74, 6) is -2.44. The molecule has 0 radical (unpaired) electrons. The molecule has 2 atom stereocenters. The van der Waals surface area contributed by atoms with Crippen molar-refractivity contribution in [2.45, 2.75) is 31.0 Å². The summed E-state index contributed by atoms with van der Waals surface area (Å²) < 4.78 is 42.3. The predicted octanol–water partition coefficient (Wildman–Crippen LogP) is 2.33. The summed E-state index contributed by atoms with van der Waals surface area (Å²) in [4.78, 5) is 22.9. The first kappa shape index (κ1) is 17.3. The molecule has 23 heavy (non-hydrogen) atoms.